The summed E-state index contributed by atoms with van der Waals surface area (Å²) in [5, 5.41) is 2.81. The van der Waals surface area contributed by atoms with Crippen LogP contribution in [0.25, 0.3) is 0 Å². The highest BCUT2D eigenvalue weighted by molar-refractivity contribution is 6.02. The van der Waals surface area contributed by atoms with Crippen LogP contribution in [0.4, 0.5) is 17.5 Å². The third-order valence-corrected chi connectivity index (χ3v) is 4.34. The molecule has 1 aliphatic heterocycles. The largest absolute Gasteiger partial charge is 0.352 e. The van der Waals surface area contributed by atoms with Gasteiger partial charge in [-0.25, -0.2) is 19.9 Å². The number of rotatable bonds is 4. The number of para-hydroxylation sites is 1. The van der Waals surface area contributed by atoms with Gasteiger partial charge in [-0.3, -0.25) is 4.79 Å². The number of carbonyl (C=O) groups excluding carboxylic acids is 1. The van der Waals surface area contributed by atoms with Gasteiger partial charge in [-0.05, 0) is 18.2 Å². The first-order valence-corrected chi connectivity index (χ1v) is 8.75. The molecular weight excluding hydrogens is 342 g/mol. The zero-order valence-corrected chi connectivity index (χ0v) is 14.7. The molecule has 4 rings (SSSR count). The number of carbonyl (C=O) groups is 1. The first-order chi connectivity index (χ1) is 13.3. The van der Waals surface area contributed by atoms with Crippen molar-refractivity contribution in [2.24, 2.45) is 0 Å². The molecule has 3 heterocycles. The lowest BCUT2D eigenvalue weighted by molar-refractivity contribution is 0.102. The van der Waals surface area contributed by atoms with Crippen LogP contribution in [0.15, 0.2) is 61.2 Å². The second-order valence-electron chi connectivity index (χ2n) is 6.10. The maximum absolute atomic E-state index is 12.3. The lowest BCUT2D eigenvalue weighted by Crippen LogP contribution is -2.47. The van der Waals surface area contributed by atoms with Gasteiger partial charge in [0.15, 0.2) is 0 Å². The molecule has 8 heteroatoms. The van der Waals surface area contributed by atoms with E-state index in [9.17, 15) is 4.79 Å². The van der Waals surface area contributed by atoms with E-state index in [4.69, 9.17) is 0 Å². The number of anilines is 3. The number of piperazine rings is 1. The number of nitrogens with zero attached hydrogens (tertiary/aromatic N) is 6. The summed E-state index contributed by atoms with van der Waals surface area (Å²) < 4.78 is 0. The number of hydrogen-bond donors (Lipinski definition) is 1. The Labute approximate surface area is 156 Å². The fraction of sp³-hybridized carbons (Fsp3) is 0.211. The summed E-state index contributed by atoms with van der Waals surface area (Å²) in [6.45, 7) is 3.20. The summed E-state index contributed by atoms with van der Waals surface area (Å²) in [5.41, 5.74) is 1.02. The predicted molar refractivity (Wildman–Crippen MR) is 103 cm³/mol. The smallest absolute Gasteiger partial charge is 0.275 e. The maximum atomic E-state index is 12.3. The van der Waals surface area contributed by atoms with E-state index in [0.29, 0.717) is 5.69 Å². The van der Waals surface area contributed by atoms with Gasteiger partial charge in [0.25, 0.3) is 5.91 Å². The normalized spacial score (nSPS) is 14.1. The van der Waals surface area contributed by atoms with E-state index in [0.717, 1.165) is 43.6 Å². The molecule has 0 unspecified atom stereocenters. The van der Waals surface area contributed by atoms with Crippen LogP contribution in [-0.2, 0) is 0 Å². The molecule has 1 fully saturated rings. The summed E-state index contributed by atoms with van der Waals surface area (Å²) in [6.07, 6.45) is 6.66. The van der Waals surface area contributed by atoms with E-state index >= 15 is 0 Å². The molecule has 1 amide bonds. The van der Waals surface area contributed by atoms with E-state index in [2.05, 4.69) is 35.1 Å². The van der Waals surface area contributed by atoms with E-state index in [1.807, 2.05) is 36.4 Å². The van der Waals surface area contributed by atoms with Crippen molar-refractivity contribution in [3.05, 3.63) is 66.9 Å². The molecule has 1 saturated heterocycles. The summed E-state index contributed by atoms with van der Waals surface area (Å²) in [5.74, 6) is 1.24. The molecule has 136 valence electrons. The Hall–Kier alpha value is -3.55. The van der Waals surface area contributed by atoms with Crippen molar-refractivity contribution >= 4 is 23.4 Å². The van der Waals surface area contributed by atoms with Crippen molar-refractivity contribution in [2.45, 2.75) is 0 Å². The molecule has 1 aliphatic rings. The van der Waals surface area contributed by atoms with Gasteiger partial charge < -0.3 is 15.1 Å². The van der Waals surface area contributed by atoms with Gasteiger partial charge in [-0.2, -0.15) is 0 Å². The Morgan fingerprint density at radius 1 is 0.815 bits per heavy atom. The Balaban J connectivity index is 1.36. The topological polar surface area (TPSA) is 87.1 Å². The highest BCUT2D eigenvalue weighted by Crippen LogP contribution is 2.15. The number of hydrogen-bond acceptors (Lipinski definition) is 7. The van der Waals surface area contributed by atoms with Gasteiger partial charge >= 0.3 is 0 Å². The Morgan fingerprint density at radius 2 is 1.52 bits per heavy atom. The molecule has 8 nitrogen and oxygen atoms in total. The highest BCUT2D eigenvalue weighted by atomic mass is 16.1. The van der Waals surface area contributed by atoms with Crippen LogP contribution in [0.2, 0.25) is 0 Å². The molecule has 1 N–H and O–H groups in total. The average Bonchev–Trinajstić information content (AvgIpc) is 2.75. The van der Waals surface area contributed by atoms with Crippen LogP contribution >= 0.6 is 0 Å². The number of amides is 1. The second kappa shape index (κ2) is 7.77. The van der Waals surface area contributed by atoms with Crippen molar-refractivity contribution in [2.75, 3.05) is 41.3 Å². The Morgan fingerprint density at radius 3 is 2.19 bits per heavy atom. The third-order valence-electron chi connectivity index (χ3n) is 4.34. The van der Waals surface area contributed by atoms with Gasteiger partial charge in [0, 0.05) is 44.3 Å². The summed E-state index contributed by atoms with van der Waals surface area (Å²) in [4.78, 5) is 33.8. The van der Waals surface area contributed by atoms with Crippen LogP contribution in [0.1, 0.15) is 10.5 Å². The molecule has 0 saturated carbocycles. The minimum absolute atomic E-state index is 0.272. The van der Waals surface area contributed by atoms with E-state index < -0.39 is 0 Å². The lowest BCUT2D eigenvalue weighted by atomic mass is 10.3. The van der Waals surface area contributed by atoms with E-state index in [1.54, 1.807) is 18.6 Å². The SMILES string of the molecule is O=C(Nc1ccccc1)c1cnc(N2CCN(c3ncccn3)CC2)cn1. The summed E-state index contributed by atoms with van der Waals surface area (Å²) >= 11 is 0. The monoisotopic (exact) mass is 361 g/mol. The summed E-state index contributed by atoms with van der Waals surface area (Å²) in [6, 6.07) is 11.1. The zero-order chi connectivity index (χ0) is 18.5. The minimum Gasteiger partial charge on any atom is -0.352 e. The van der Waals surface area contributed by atoms with Gasteiger partial charge in [0.05, 0.1) is 12.4 Å². The molecule has 2 aromatic heterocycles. The minimum atomic E-state index is -0.272. The van der Waals surface area contributed by atoms with Gasteiger partial charge in [0.2, 0.25) is 5.95 Å². The molecular formula is C19H19N7O. The first-order valence-electron chi connectivity index (χ1n) is 8.75. The molecule has 0 bridgehead atoms. The average molecular weight is 361 g/mol. The fourth-order valence-corrected chi connectivity index (χ4v) is 2.91. The highest BCUT2D eigenvalue weighted by Gasteiger charge is 2.20. The van der Waals surface area contributed by atoms with Crippen LogP contribution < -0.4 is 15.1 Å². The van der Waals surface area contributed by atoms with E-state index in [1.165, 1.54) is 6.20 Å². The molecule has 0 spiro atoms. The fourth-order valence-electron chi connectivity index (χ4n) is 2.91. The van der Waals surface area contributed by atoms with Crippen LogP contribution in [0.5, 0.6) is 0 Å². The molecule has 3 aromatic rings. The van der Waals surface area contributed by atoms with Crippen LogP contribution in [0.3, 0.4) is 0 Å². The standard InChI is InChI=1S/C19H19N7O/c27-18(24-15-5-2-1-3-6-15)16-13-23-17(14-22-16)25-9-11-26(12-10-25)19-20-7-4-8-21-19/h1-8,13-14H,9-12H2,(H,24,27). The molecule has 0 radical (unpaired) electrons. The second-order valence-corrected chi connectivity index (χ2v) is 6.10. The van der Waals surface area contributed by atoms with Crippen molar-refractivity contribution in [3.8, 4) is 0 Å². The number of benzene rings is 1. The van der Waals surface area contributed by atoms with Crippen molar-refractivity contribution in [1.82, 2.24) is 19.9 Å². The number of aromatic nitrogens is 4. The Kier molecular flexibility index (Phi) is 4.86. The van der Waals surface area contributed by atoms with Crippen molar-refractivity contribution < 1.29 is 4.79 Å². The predicted octanol–water partition coefficient (Wildman–Crippen LogP) is 1.85. The van der Waals surface area contributed by atoms with Gasteiger partial charge in [0.1, 0.15) is 11.5 Å². The molecule has 1 aromatic carbocycles. The van der Waals surface area contributed by atoms with Crippen molar-refractivity contribution in [1.29, 1.82) is 0 Å². The Bertz CT molecular complexity index is 879. The van der Waals surface area contributed by atoms with Gasteiger partial charge in [-0.15, -0.1) is 0 Å². The molecule has 0 atom stereocenters. The van der Waals surface area contributed by atoms with Crippen molar-refractivity contribution in [3.63, 3.8) is 0 Å². The molecule has 0 aliphatic carbocycles. The number of nitrogens with one attached hydrogen (secondary N) is 1. The van der Waals surface area contributed by atoms with E-state index in [-0.39, 0.29) is 5.91 Å². The summed E-state index contributed by atoms with van der Waals surface area (Å²) in [7, 11) is 0. The molecule has 27 heavy (non-hydrogen) atoms. The third kappa shape index (κ3) is 4.00. The van der Waals surface area contributed by atoms with Crippen LogP contribution in [-0.4, -0.2) is 52.0 Å². The maximum Gasteiger partial charge on any atom is 0.275 e. The zero-order valence-electron chi connectivity index (χ0n) is 14.7. The quantitative estimate of drug-likeness (QED) is 0.759. The van der Waals surface area contributed by atoms with Gasteiger partial charge in [-0.1, -0.05) is 18.2 Å². The van der Waals surface area contributed by atoms with Crippen LogP contribution in [0, 0.1) is 0 Å². The lowest BCUT2D eigenvalue weighted by Gasteiger charge is -2.35. The first kappa shape index (κ1) is 16.9.